The van der Waals surface area contributed by atoms with Crippen LogP contribution in [0.3, 0.4) is 0 Å². The number of hydrogen-bond acceptors (Lipinski definition) is 3. The SMILES string of the molecule is CC1(C)CCc2occc2C1N[S@+]([O-])C(C)(C)C. The fourth-order valence-electron chi connectivity index (χ4n) is 2.32. The smallest absolute Gasteiger partial charge is 0.136 e. The van der Waals surface area contributed by atoms with E-state index in [2.05, 4.69) is 18.6 Å². The Kier molecular flexibility index (Phi) is 3.56. The zero-order chi connectivity index (χ0) is 13.6. The molecule has 0 amide bonds. The van der Waals surface area contributed by atoms with Gasteiger partial charge in [0.25, 0.3) is 0 Å². The van der Waals surface area contributed by atoms with Crippen molar-refractivity contribution in [2.45, 2.75) is 58.2 Å². The van der Waals surface area contributed by atoms with Crippen molar-refractivity contribution in [3.8, 4) is 0 Å². The van der Waals surface area contributed by atoms with Crippen LogP contribution in [-0.4, -0.2) is 9.30 Å². The lowest BCUT2D eigenvalue weighted by atomic mass is 9.73. The Morgan fingerprint density at radius 1 is 1.44 bits per heavy atom. The largest absolute Gasteiger partial charge is 0.598 e. The zero-order valence-corrected chi connectivity index (χ0v) is 12.7. The number of rotatable bonds is 2. The van der Waals surface area contributed by atoms with Crippen LogP contribution in [0, 0.1) is 5.41 Å². The van der Waals surface area contributed by atoms with Gasteiger partial charge in [0.05, 0.1) is 12.3 Å². The molecule has 0 bridgehead atoms. The molecule has 1 heterocycles. The average Bonchev–Trinajstić information content (AvgIpc) is 2.68. The summed E-state index contributed by atoms with van der Waals surface area (Å²) >= 11 is -1.06. The molecule has 0 aliphatic heterocycles. The van der Waals surface area contributed by atoms with E-state index < -0.39 is 11.4 Å². The zero-order valence-electron chi connectivity index (χ0n) is 11.9. The van der Waals surface area contributed by atoms with Crippen LogP contribution in [-0.2, 0) is 17.8 Å². The molecule has 1 unspecified atom stereocenters. The molecule has 1 aromatic rings. The Hall–Kier alpha value is -0.450. The van der Waals surface area contributed by atoms with Gasteiger partial charge in [0.1, 0.15) is 10.5 Å². The number of hydrogen-bond donors (Lipinski definition) is 1. The second-order valence-electron chi connectivity index (χ2n) is 6.72. The minimum atomic E-state index is -1.06. The minimum absolute atomic E-state index is 0.0950. The van der Waals surface area contributed by atoms with Crippen LogP contribution in [0.1, 0.15) is 58.4 Å². The first-order valence-corrected chi connectivity index (χ1v) is 7.61. The molecule has 0 spiro atoms. The molecule has 0 radical (unpaired) electrons. The van der Waals surface area contributed by atoms with E-state index in [-0.39, 0.29) is 16.2 Å². The molecular weight excluding hydrogens is 246 g/mol. The van der Waals surface area contributed by atoms with E-state index in [1.165, 1.54) is 5.56 Å². The number of aryl methyl sites for hydroxylation is 1. The van der Waals surface area contributed by atoms with Crippen LogP contribution >= 0.6 is 0 Å². The van der Waals surface area contributed by atoms with Crippen molar-refractivity contribution in [3.63, 3.8) is 0 Å². The molecule has 1 aliphatic carbocycles. The van der Waals surface area contributed by atoms with Gasteiger partial charge in [-0.1, -0.05) is 13.8 Å². The quantitative estimate of drug-likeness (QED) is 0.838. The van der Waals surface area contributed by atoms with Gasteiger partial charge in [-0.2, -0.15) is 0 Å². The van der Waals surface area contributed by atoms with Gasteiger partial charge in [0, 0.05) is 23.3 Å². The monoisotopic (exact) mass is 269 g/mol. The molecule has 2 atom stereocenters. The summed E-state index contributed by atoms with van der Waals surface area (Å²) in [5, 5.41) is 0. The normalized spacial score (nSPS) is 24.7. The van der Waals surface area contributed by atoms with Gasteiger partial charge >= 0.3 is 0 Å². The third-order valence-electron chi connectivity index (χ3n) is 3.65. The Balaban J connectivity index is 2.25. The molecule has 18 heavy (non-hydrogen) atoms. The van der Waals surface area contributed by atoms with Crippen molar-refractivity contribution in [3.05, 3.63) is 23.7 Å². The highest BCUT2D eigenvalue weighted by Crippen LogP contribution is 2.44. The van der Waals surface area contributed by atoms with Crippen molar-refractivity contribution in [1.82, 2.24) is 4.72 Å². The maximum Gasteiger partial charge on any atom is 0.136 e. The summed E-state index contributed by atoms with van der Waals surface area (Å²) in [4.78, 5) is 0. The Morgan fingerprint density at radius 2 is 2.11 bits per heavy atom. The fourth-order valence-corrected chi connectivity index (χ4v) is 3.33. The van der Waals surface area contributed by atoms with E-state index in [9.17, 15) is 4.55 Å². The lowest BCUT2D eigenvalue weighted by Crippen LogP contribution is -2.46. The summed E-state index contributed by atoms with van der Waals surface area (Å²) in [6, 6.07) is 2.10. The summed E-state index contributed by atoms with van der Waals surface area (Å²) in [5.74, 6) is 1.04. The second kappa shape index (κ2) is 4.58. The molecule has 1 aromatic heterocycles. The maximum atomic E-state index is 12.3. The van der Waals surface area contributed by atoms with E-state index in [0.29, 0.717) is 0 Å². The lowest BCUT2D eigenvalue weighted by molar-refractivity contribution is 0.220. The Morgan fingerprint density at radius 3 is 2.72 bits per heavy atom. The van der Waals surface area contributed by atoms with Crippen LogP contribution < -0.4 is 4.72 Å². The highest BCUT2D eigenvalue weighted by Gasteiger charge is 2.42. The highest BCUT2D eigenvalue weighted by atomic mass is 32.2. The first-order chi connectivity index (χ1) is 8.22. The van der Waals surface area contributed by atoms with Gasteiger partial charge in [-0.05, 0) is 38.7 Å². The predicted octanol–water partition coefficient (Wildman–Crippen LogP) is 3.34. The summed E-state index contributed by atoms with van der Waals surface area (Å²) in [6.45, 7) is 10.4. The molecule has 102 valence electrons. The number of furan rings is 1. The van der Waals surface area contributed by atoms with Gasteiger partial charge < -0.3 is 8.97 Å². The number of nitrogens with one attached hydrogen (secondary N) is 1. The maximum absolute atomic E-state index is 12.3. The number of fused-ring (bicyclic) bond motifs is 1. The average molecular weight is 269 g/mol. The molecule has 0 aromatic carbocycles. The van der Waals surface area contributed by atoms with Crippen LogP contribution in [0.2, 0.25) is 0 Å². The molecule has 0 saturated carbocycles. The van der Waals surface area contributed by atoms with Crippen LogP contribution in [0.25, 0.3) is 0 Å². The highest BCUT2D eigenvalue weighted by molar-refractivity contribution is 7.90. The van der Waals surface area contributed by atoms with Crippen LogP contribution in [0.5, 0.6) is 0 Å². The first-order valence-electron chi connectivity index (χ1n) is 6.46. The molecule has 0 fully saturated rings. The van der Waals surface area contributed by atoms with Gasteiger partial charge in [-0.15, -0.1) is 4.72 Å². The second-order valence-corrected chi connectivity index (χ2v) is 8.72. The van der Waals surface area contributed by atoms with E-state index >= 15 is 0 Å². The van der Waals surface area contributed by atoms with Gasteiger partial charge in [0.2, 0.25) is 0 Å². The standard InChI is InChI=1S/C14H23NO2S/c1-13(2,3)18(16)15-12-10-7-9-17-11(10)6-8-14(12,4)5/h7,9,12,15H,6,8H2,1-5H3/t12?,18-/m1/s1. The topological polar surface area (TPSA) is 48.2 Å². The fraction of sp³-hybridized carbons (Fsp3) is 0.714. The predicted molar refractivity (Wildman–Crippen MR) is 74.6 cm³/mol. The van der Waals surface area contributed by atoms with Crippen LogP contribution in [0.15, 0.2) is 16.7 Å². The van der Waals surface area contributed by atoms with Gasteiger partial charge in [0.15, 0.2) is 0 Å². The van der Waals surface area contributed by atoms with Gasteiger partial charge in [-0.25, -0.2) is 0 Å². The van der Waals surface area contributed by atoms with Crippen molar-refractivity contribution in [2.24, 2.45) is 5.41 Å². The molecule has 0 saturated heterocycles. The Bertz CT molecular complexity index is 420. The molecular formula is C14H23NO2S. The minimum Gasteiger partial charge on any atom is -0.598 e. The first kappa shape index (κ1) is 14.0. The van der Waals surface area contributed by atoms with E-state index in [0.717, 1.165) is 18.6 Å². The summed E-state index contributed by atoms with van der Waals surface area (Å²) in [6.07, 6.45) is 3.75. The van der Waals surface area contributed by atoms with Crippen molar-refractivity contribution in [2.75, 3.05) is 0 Å². The van der Waals surface area contributed by atoms with Crippen molar-refractivity contribution >= 4 is 11.4 Å². The summed E-state index contributed by atoms with van der Waals surface area (Å²) < 4.78 is 20.9. The van der Waals surface area contributed by atoms with E-state index in [1.54, 1.807) is 6.26 Å². The molecule has 3 nitrogen and oxygen atoms in total. The van der Waals surface area contributed by atoms with E-state index in [1.807, 2.05) is 26.8 Å². The van der Waals surface area contributed by atoms with Crippen molar-refractivity contribution in [1.29, 1.82) is 0 Å². The van der Waals surface area contributed by atoms with E-state index in [4.69, 9.17) is 4.42 Å². The van der Waals surface area contributed by atoms with Crippen molar-refractivity contribution < 1.29 is 8.97 Å². The Labute approximate surface area is 113 Å². The molecule has 1 aliphatic rings. The molecule has 2 rings (SSSR count). The van der Waals surface area contributed by atoms with Gasteiger partial charge in [-0.3, -0.25) is 0 Å². The lowest BCUT2D eigenvalue weighted by Gasteiger charge is -2.39. The third kappa shape index (κ3) is 2.60. The summed E-state index contributed by atoms with van der Waals surface area (Å²) in [7, 11) is 0. The summed E-state index contributed by atoms with van der Waals surface area (Å²) in [5.41, 5.74) is 1.27. The molecule has 1 N–H and O–H groups in total. The van der Waals surface area contributed by atoms with Crippen LogP contribution in [0.4, 0.5) is 0 Å². The molecule has 4 heteroatoms. The third-order valence-corrected chi connectivity index (χ3v) is 5.21.